The van der Waals surface area contributed by atoms with Gasteiger partial charge in [-0.1, -0.05) is 20.8 Å². The van der Waals surface area contributed by atoms with Gasteiger partial charge in [0, 0.05) is 0 Å². The van der Waals surface area contributed by atoms with Gasteiger partial charge in [0.2, 0.25) is 0 Å². The van der Waals surface area contributed by atoms with Gasteiger partial charge < -0.3 is 5.32 Å². The van der Waals surface area contributed by atoms with Crippen LogP contribution in [0.2, 0.25) is 0 Å². The molecule has 1 fully saturated rings. The highest BCUT2D eigenvalue weighted by molar-refractivity contribution is 4.77. The zero-order chi connectivity index (χ0) is 8.97. The average Bonchev–Trinajstić information content (AvgIpc) is 1.93. The van der Waals surface area contributed by atoms with Gasteiger partial charge in [0.15, 0.2) is 0 Å². The standard InChI is InChI=1S/C11H23N/c1-9(2)4-5-12-8-11-6-10(3)7-11/h9-12H,4-8H2,1-3H3. The van der Waals surface area contributed by atoms with Crippen molar-refractivity contribution in [2.75, 3.05) is 13.1 Å². The van der Waals surface area contributed by atoms with Gasteiger partial charge in [0.05, 0.1) is 0 Å². The zero-order valence-corrected chi connectivity index (χ0v) is 8.77. The van der Waals surface area contributed by atoms with E-state index >= 15 is 0 Å². The second kappa shape index (κ2) is 4.86. The molecule has 0 aromatic heterocycles. The summed E-state index contributed by atoms with van der Waals surface area (Å²) in [6, 6.07) is 0. The first-order valence-electron chi connectivity index (χ1n) is 5.39. The van der Waals surface area contributed by atoms with Gasteiger partial charge in [0.25, 0.3) is 0 Å². The van der Waals surface area contributed by atoms with Crippen molar-refractivity contribution in [2.24, 2.45) is 17.8 Å². The lowest BCUT2D eigenvalue weighted by atomic mass is 9.76. The molecule has 0 amide bonds. The molecule has 1 rings (SSSR count). The molecule has 0 heterocycles. The maximum atomic E-state index is 3.54. The largest absolute Gasteiger partial charge is 0.316 e. The lowest BCUT2D eigenvalue weighted by Gasteiger charge is -2.32. The first kappa shape index (κ1) is 10.0. The van der Waals surface area contributed by atoms with E-state index in [1.54, 1.807) is 0 Å². The van der Waals surface area contributed by atoms with Gasteiger partial charge in [-0.15, -0.1) is 0 Å². The van der Waals surface area contributed by atoms with Crippen molar-refractivity contribution in [3.05, 3.63) is 0 Å². The minimum absolute atomic E-state index is 0.845. The summed E-state index contributed by atoms with van der Waals surface area (Å²) in [6.45, 7) is 9.39. The van der Waals surface area contributed by atoms with Crippen LogP contribution in [0.5, 0.6) is 0 Å². The quantitative estimate of drug-likeness (QED) is 0.624. The third-order valence-corrected chi connectivity index (χ3v) is 2.80. The Morgan fingerprint density at radius 1 is 1.33 bits per heavy atom. The van der Waals surface area contributed by atoms with E-state index in [0.29, 0.717) is 0 Å². The van der Waals surface area contributed by atoms with Crippen molar-refractivity contribution in [3.63, 3.8) is 0 Å². The van der Waals surface area contributed by atoms with Gasteiger partial charge in [-0.05, 0) is 50.1 Å². The number of hydrogen-bond donors (Lipinski definition) is 1. The van der Waals surface area contributed by atoms with E-state index in [1.165, 1.54) is 32.4 Å². The van der Waals surface area contributed by atoms with Crippen LogP contribution in [0.3, 0.4) is 0 Å². The predicted molar refractivity (Wildman–Crippen MR) is 54.2 cm³/mol. The monoisotopic (exact) mass is 169 g/mol. The van der Waals surface area contributed by atoms with E-state index < -0.39 is 0 Å². The van der Waals surface area contributed by atoms with E-state index in [2.05, 4.69) is 26.1 Å². The molecule has 0 aliphatic heterocycles. The SMILES string of the molecule is CC(C)CCNCC1CC(C)C1. The summed E-state index contributed by atoms with van der Waals surface area (Å²) in [6.07, 6.45) is 4.23. The van der Waals surface area contributed by atoms with Crippen molar-refractivity contribution < 1.29 is 0 Å². The normalized spacial score (nSPS) is 29.0. The molecule has 12 heavy (non-hydrogen) atoms. The van der Waals surface area contributed by atoms with E-state index in [4.69, 9.17) is 0 Å². The van der Waals surface area contributed by atoms with Gasteiger partial charge in [-0.3, -0.25) is 0 Å². The fourth-order valence-electron chi connectivity index (χ4n) is 1.93. The van der Waals surface area contributed by atoms with E-state index in [0.717, 1.165) is 17.8 Å². The van der Waals surface area contributed by atoms with Crippen LogP contribution in [-0.4, -0.2) is 13.1 Å². The van der Waals surface area contributed by atoms with E-state index in [1.807, 2.05) is 0 Å². The zero-order valence-electron chi connectivity index (χ0n) is 8.77. The summed E-state index contributed by atoms with van der Waals surface area (Å²) in [5, 5.41) is 3.54. The van der Waals surface area contributed by atoms with Crippen molar-refractivity contribution in [1.29, 1.82) is 0 Å². The third-order valence-electron chi connectivity index (χ3n) is 2.80. The molecule has 0 aromatic carbocycles. The molecule has 72 valence electrons. The first-order valence-corrected chi connectivity index (χ1v) is 5.39. The van der Waals surface area contributed by atoms with Crippen LogP contribution in [-0.2, 0) is 0 Å². The molecule has 1 heteroatoms. The van der Waals surface area contributed by atoms with Crippen LogP contribution in [0.25, 0.3) is 0 Å². The molecule has 0 saturated heterocycles. The third kappa shape index (κ3) is 3.57. The summed E-state index contributed by atoms with van der Waals surface area (Å²) in [4.78, 5) is 0. The molecule has 0 spiro atoms. The predicted octanol–water partition coefficient (Wildman–Crippen LogP) is 2.67. The molecule has 1 aliphatic carbocycles. The Hall–Kier alpha value is -0.0400. The van der Waals surface area contributed by atoms with Gasteiger partial charge in [0.1, 0.15) is 0 Å². The molecule has 1 aliphatic rings. The molecule has 1 nitrogen and oxygen atoms in total. The summed E-state index contributed by atoms with van der Waals surface area (Å²) in [5.74, 6) is 2.84. The van der Waals surface area contributed by atoms with E-state index in [9.17, 15) is 0 Å². The maximum absolute atomic E-state index is 3.54. The lowest BCUT2D eigenvalue weighted by Crippen LogP contribution is -2.32. The molecule has 0 aromatic rings. The maximum Gasteiger partial charge on any atom is -0.00203 e. The highest BCUT2D eigenvalue weighted by atomic mass is 14.9. The molecular formula is C11H23N. The van der Waals surface area contributed by atoms with Gasteiger partial charge >= 0.3 is 0 Å². The Balaban J connectivity index is 1.83. The fourth-order valence-corrected chi connectivity index (χ4v) is 1.93. The number of hydrogen-bond acceptors (Lipinski definition) is 1. The summed E-state index contributed by atoms with van der Waals surface area (Å²) < 4.78 is 0. The van der Waals surface area contributed by atoms with Crippen molar-refractivity contribution in [3.8, 4) is 0 Å². The topological polar surface area (TPSA) is 12.0 Å². The van der Waals surface area contributed by atoms with Crippen LogP contribution in [0.4, 0.5) is 0 Å². The molecular weight excluding hydrogens is 146 g/mol. The van der Waals surface area contributed by atoms with Gasteiger partial charge in [-0.2, -0.15) is 0 Å². The molecule has 0 atom stereocenters. The second-order valence-electron chi connectivity index (χ2n) is 4.83. The minimum Gasteiger partial charge on any atom is -0.316 e. The van der Waals surface area contributed by atoms with Crippen molar-refractivity contribution in [1.82, 2.24) is 5.32 Å². The first-order chi connectivity index (χ1) is 5.68. The smallest absolute Gasteiger partial charge is 0.00203 e. The molecule has 0 radical (unpaired) electrons. The molecule has 1 saturated carbocycles. The summed E-state index contributed by atoms with van der Waals surface area (Å²) in [5.41, 5.74) is 0. The summed E-state index contributed by atoms with van der Waals surface area (Å²) in [7, 11) is 0. The summed E-state index contributed by atoms with van der Waals surface area (Å²) >= 11 is 0. The van der Waals surface area contributed by atoms with Crippen molar-refractivity contribution >= 4 is 0 Å². The van der Waals surface area contributed by atoms with E-state index in [-0.39, 0.29) is 0 Å². The Bertz CT molecular complexity index is 114. The Morgan fingerprint density at radius 3 is 2.50 bits per heavy atom. The highest BCUT2D eigenvalue weighted by Gasteiger charge is 2.24. The van der Waals surface area contributed by atoms with Crippen LogP contribution < -0.4 is 5.32 Å². The Kier molecular flexibility index (Phi) is 4.07. The lowest BCUT2D eigenvalue weighted by molar-refractivity contribution is 0.206. The Morgan fingerprint density at radius 2 is 2.00 bits per heavy atom. The van der Waals surface area contributed by atoms with Crippen LogP contribution in [0, 0.1) is 17.8 Å². The molecule has 1 N–H and O–H groups in total. The van der Waals surface area contributed by atoms with Crippen LogP contribution in [0.1, 0.15) is 40.0 Å². The minimum atomic E-state index is 0.845. The van der Waals surface area contributed by atoms with Gasteiger partial charge in [-0.25, -0.2) is 0 Å². The molecule has 0 bridgehead atoms. The highest BCUT2D eigenvalue weighted by Crippen LogP contribution is 2.32. The fraction of sp³-hybridized carbons (Fsp3) is 1.00. The number of rotatable bonds is 5. The Labute approximate surface area is 76.9 Å². The average molecular weight is 169 g/mol. The molecule has 0 unspecified atom stereocenters. The second-order valence-corrected chi connectivity index (χ2v) is 4.83. The van der Waals surface area contributed by atoms with Crippen LogP contribution >= 0.6 is 0 Å². The number of nitrogens with one attached hydrogen (secondary N) is 1. The van der Waals surface area contributed by atoms with Crippen LogP contribution in [0.15, 0.2) is 0 Å². The van der Waals surface area contributed by atoms with Crippen molar-refractivity contribution in [2.45, 2.75) is 40.0 Å².